The molecule has 6 heteroatoms. The van der Waals surface area contributed by atoms with E-state index < -0.39 is 0 Å². The minimum atomic E-state index is 0.674. The van der Waals surface area contributed by atoms with Crippen LogP contribution in [0.5, 0.6) is 0 Å². The molecule has 0 saturated heterocycles. The van der Waals surface area contributed by atoms with Gasteiger partial charge in [-0.1, -0.05) is 23.5 Å². The highest BCUT2D eigenvalue weighted by Gasteiger charge is 2.30. The summed E-state index contributed by atoms with van der Waals surface area (Å²) < 4.78 is 13.7. The molecule has 0 amide bonds. The van der Waals surface area contributed by atoms with Crippen molar-refractivity contribution < 1.29 is 9.47 Å². The summed E-state index contributed by atoms with van der Waals surface area (Å²) in [6.45, 7) is 1.35. The molecule has 3 aliphatic heterocycles. The summed E-state index contributed by atoms with van der Waals surface area (Å²) in [5.41, 5.74) is 0. The van der Waals surface area contributed by atoms with Gasteiger partial charge in [0.25, 0.3) is 0 Å². The average molecular weight is 262 g/mol. The van der Waals surface area contributed by atoms with Crippen molar-refractivity contribution in [1.29, 1.82) is 0 Å². The molecule has 0 aromatic rings. The summed E-state index contributed by atoms with van der Waals surface area (Å²) in [4.78, 5) is 0. The summed E-state index contributed by atoms with van der Waals surface area (Å²) in [5, 5.41) is 6.09. The predicted octanol–water partition coefficient (Wildman–Crippen LogP) is 3.72. The van der Waals surface area contributed by atoms with Gasteiger partial charge in [-0.3, -0.25) is 0 Å². The van der Waals surface area contributed by atoms with Crippen molar-refractivity contribution >= 4 is 47.0 Å². The molecule has 74 valence electrons. The van der Waals surface area contributed by atoms with Gasteiger partial charge in [0.2, 0.25) is 10.2 Å². The summed E-state index contributed by atoms with van der Waals surface area (Å²) in [5.74, 6) is 0. The van der Waals surface area contributed by atoms with Crippen molar-refractivity contribution in [2.75, 3.05) is 13.2 Å². The Labute approximate surface area is 98.9 Å². The van der Waals surface area contributed by atoms with Gasteiger partial charge in [0.1, 0.15) is 13.2 Å². The second-order valence-electron chi connectivity index (χ2n) is 2.56. The Balaban J connectivity index is 1.81. The van der Waals surface area contributed by atoms with Gasteiger partial charge < -0.3 is 9.47 Å². The van der Waals surface area contributed by atoms with Crippen LogP contribution in [0.1, 0.15) is 0 Å². The van der Waals surface area contributed by atoms with Crippen molar-refractivity contribution in [3.05, 3.63) is 29.5 Å². The molecule has 0 atom stereocenters. The average Bonchev–Trinajstić information content (AvgIpc) is 2.86. The van der Waals surface area contributed by atoms with E-state index in [0.29, 0.717) is 13.2 Å². The molecule has 0 fully saturated rings. The maximum absolute atomic E-state index is 5.52. The minimum absolute atomic E-state index is 0.674. The second kappa shape index (κ2) is 4.00. The number of hydrogen-bond acceptors (Lipinski definition) is 6. The van der Waals surface area contributed by atoms with Gasteiger partial charge in [-0.25, -0.2) is 0 Å². The summed E-state index contributed by atoms with van der Waals surface area (Å²) in [6.07, 6.45) is 0. The highest BCUT2D eigenvalue weighted by molar-refractivity contribution is 8.33. The second-order valence-corrected chi connectivity index (χ2v) is 6.87. The fraction of sp³-hybridized carbons (Fsp3) is 0.250. The van der Waals surface area contributed by atoms with Gasteiger partial charge in [-0.2, -0.15) is 0 Å². The van der Waals surface area contributed by atoms with Crippen molar-refractivity contribution in [1.82, 2.24) is 0 Å². The van der Waals surface area contributed by atoms with Crippen molar-refractivity contribution in [3.63, 3.8) is 0 Å². The lowest BCUT2D eigenvalue weighted by molar-refractivity contribution is 0.0949. The van der Waals surface area contributed by atoms with Crippen LogP contribution in [0.25, 0.3) is 0 Å². The third-order valence-corrected chi connectivity index (χ3v) is 6.69. The highest BCUT2D eigenvalue weighted by Crippen LogP contribution is 2.57. The Morgan fingerprint density at radius 3 is 2.00 bits per heavy atom. The van der Waals surface area contributed by atoms with Gasteiger partial charge in [-0.15, -0.1) is 0 Å². The van der Waals surface area contributed by atoms with Crippen LogP contribution >= 0.6 is 47.0 Å². The summed E-state index contributed by atoms with van der Waals surface area (Å²) in [6, 6.07) is 0. The van der Waals surface area contributed by atoms with Crippen LogP contribution in [-0.2, 0) is 9.47 Å². The van der Waals surface area contributed by atoms with E-state index in [0.717, 1.165) is 10.2 Å². The van der Waals surface area contributed by atoms with Crippen molar-refractivity contribution in [2.45, 2.75) is 0 Å². The van der Waals surface area contributed by atoms with Crippen LogP contribution in [0.4, 0.5) is 0 Å². The first-order valence-electron chi connectivity index (χ1n) is 4.02. The maximum Gasteiger partial charge on any atom is 0.208 e. The molecular weight excluding hydrogens is 256 g/mol. The first kappa shape index (κ1) is 9.45. The number of hydrogen-bond donors (Lipinski definition) is 0. The normalized spacial score (nSPS) is 25.1. The van der Waals surface area contributed by atoms with Gasteiger partial charge in [0.15, 0.2) is 0 Å². The van der Waals surface area contributed by atoms with Crippen LogP contribution in [-0.4, -0.2) is 13.2 Å². The SMILES string of the molecule is C1=CSC(=C2SC3=C(OCCO3)S2)S1. The molecule has 0 saturated carbocycles. The van der Waals surface area contributed by atoms with Crippen LogP contribution in [0.3, 0.4) is 0 Å². The standard InChI is InChI=1S/C8H6O2S4/c1-2-10-6-5(9-1)13-8(14-6)7-11-3-4-12-7/h3-4H,1-2H2. The van der Waals surface area contributed by atoms with Gasteiger partial charge >= 0.3 is 0 Å². The molecule has 0 aliphatic carbocycles. The third-order valence-electron chi connectivity index (χ3n) is 1.66. The molecule has 3 aliphatic rings. The zero-order valence-electron chi connectivity index (χ0n) is 7.02. The molecule has 14 heavy (non-hydrogen) atoms. The molecule has 0 bridgehead atoms. The molecule has 0 radical (unpaired) electrons. The molecular formula is C8H6O2S4. The molecule has 0 spiro atoms. The molecule has 0 aromatic carbocycles. The molecule has 3 rings (SSSR count). The van der Waals surface area contributed by atoms with E-state index in [1.807, 2.05) is 0 Å². The topological polar surface area (TPSA) is 18.5 Å². The third kappa shape index (κ3) is 1.68. The van der Waals surface area contributed by atoms with Crippen LogP contribution in [0, 0.1) is 0 Å². The van der Waals surface area contributed by atoms with Crippen molar-refractivity contribution in [3.8, 4) is 0 Å². The zero-order valence-corrected chi connectivity index (χ0v) is 10.3. The quantitative estimate of drug-likeness (QED) is 0.657. The first-order chi connectivity index (χ1) is 6.93. The van der Waals surface area contributed by atoms with Crippen LogP contribution < -0.4 is 0 Å². The van der Waals surface area contributed by atoms with E-state index in [-0.39, 0.29) is 0 Å². The fourth-order valence-corrected chi connectivity index (χ4v) is 5.56. The number of ether oxygens (including phenoxy) is 2. The smallest absolute Gasteiger partial charge is 0.208 e. The molecule has 0 aromatic heterocycles. The maximum atomic E-state index is 5.52. The Morgan fingerprint density at radius 2 is 1.43 bits per heavy atom. The Bertz CT molecular complexity index is 328. The summed E-state index contributed by atoms with van der Waals surface area (Å²) in [7, 11) is 0. The lowest BCUT2D eigenvalue weighted by Crippen LogP contribution is -2.08. The van der Waals surface area contributed by atoms with E-state index in [2.05, 4.69) is 10.8 Å². The van der Waals surface area contributed by atoms with E-state index >= 15 is 0 Å². The van der Waals surface area contributed by atoms with Crippen molar-refractivity contribution in [2.24, 2.45) is 0 Å². The van der Waals surface area contributed by atoms with E-state index in [1.54, 1.807) is 47.0 Å². The predicted molar refractivity (Wildman–Crippen MR) is 65.5 cm³/mol. The Kier molecular flexibility index (Phi) is 2.70. The largest absolute Gasteiger partial charge is 0.480 e. The van der Waals surface area contributed by atoms with E-state index in [9.17, 15) is 0 Å². The monoisotopic (exact) mass is 262 g/mol. The molecule has 0 N–H and O–H groups in total. The lowest BCUT2D eigenvalue weighted by atomic mass is 10.7. The Morgan fingerprint density at radius 1 is 0.857 bits per heavy atom. The molecule has 3 heterocycles. The van der Waals surface area contributed by atoms with Gasteiger partial charge in [0, 0.05) is 0 Å². The van der Waals surface area contributed by atoms with Gasteiger partial charge in [-0.05, 0) is 34.3 Å². The van der Waals surface area contributed by atoms with E-state index in [1.165, 1.54) is 8.47 Å². The minimum Gasteiger partial charge on any atom is -0.480 e. The number of thioether (sulfide) groups is 4. The van der Waals surface area contributed by atoms with Gasteiger partial charge in [0.05, 0.1) is 8.47 Å². The first-order valence-corrected chi connectivity index (χ1v) is 7.41. The lowest BCUT2D eigenvalue weighted by Gasteiger charge is -2.13. The van der Waals surface area contributed by atoms with Crippen LogP contribution in [0.15, 0.2) is 29.5 Å². The van der Waals surface area contributed by atoms with Crippen LogP contribution in [0.2, 0.25) is 0 Å². The number of rotatable bonds is 0. The zero-order chi connectivity index (χ0) is 9.38. The fourth-order valence-electron chi connectivity index (χ4n) is 1.10. The highest BCUT2D eigenvalue weighted by atomic mass is 32.2. The van der Waals surface area contributed by atoms with E-state index in [4.69, 9.17) is 9.47 Å². The summed E-state index contributed by atoms with van der Waals surface area (Å²) >= 11 is 6.91. The molecule has 2 nitrogen and oxygen atoms in total. The Hall–Kier alpha value is 0.220. The molecule has 0 unspecified atom stereocenters.